The summed E-state index contributed by atoms with van der Waals surface area (Å²) in [7, 11) is 0. The van der Waals surface area contributed by atoms with Crippen molar-refractivity contribution in [1.82, 2.24) is 0 Å². The minimum Gasteiger partial charge on any atom is -0.391 e. The molecule has 4 bridgehead atoms. The molecule has 2 saturated heterocycles. The van der Waals surface area contributed by atoms with E-state index in [9.17, 15) is 25.2 Å². The Kier molecular flexibility index (Phi) is 2.75. The van der Waals surface area contributed by atoms with Crippen molar-refractivity contribution in [3.8, 4) is 0 Å². The predicted octanol–water partition coefficient (Wildman–Crippen LogP) is 0.128. The second kappa shape index (κ2) is 4.20. The summed E-state index contributed by atoms with van der Waals surface area (Å²) in [5, 5.41) is 44.6. The molecule has 5 rings (SSSR count). The van der Waals surface area contributed by atoms with Crippen molar-refractivity contribution >= 4 is 5.78 Å². The van der Waals surface area contributed by atoms with Gasteiger partial charge in [0.25, 0.3) is 0 Å². The van der Waals surface area contributed by atoms with Crippen LogP contribution in [-0.2, 0) is 9.53 Å². The van der Waals surface area contributed by atoms with E-state index in [0.29, 0.717) is 31.3 Å². The van der Waals surface area contributed by atoms with Gasteiger partial charge in [0.05, 0.1) is 12.2 Å². The molecule has 5 fully saturated rings. The van der Waals surface area contributed by atoms with Gasteiger partial charge in [-0.2, -0.15) is 0 Å². The van der Waals surface area contributed by atoms with Gasteiger partial charge in [-0.25, -0.2) is 0 Å². The number of rotatable bonds is 0. The molecule has 0 amide bonds. The molecule has 4 N–H and O–H groups in total. The number of ketones is 1. The number of ether oxygens (including phenoxy) is 1. The molecule has 0 aromatic rings. The van der Waals surface area contributed by atoms with E-state index in [1.54, 1.807) is 0 Å². The summed E-state index contributed by atoms with van der Waals surface area (Å²) >= 11 is 0. The molecular weight excluding hydrogens is 324 g/mol. The molecule has 2 heterocycles. The maximum atomic E-state index is 13.2. The standard InChI is InChI=1S/C19H26O6/c1-8-9-4-5-10-17(13(8)21,14(9)22)19(24)15(23)12-16(2,3)7-6-11(20)18(10,12)25-19/h9-12,14-15,20,22-24H,1,4-7H2,2-3H3/t9-,10+,11-,12+,14-,15-,17+,18-,19+/m1/s1. The molecular formula is C19H26O6. The zero-order valence-electron chi connectivity index (χ0n) is 14.6. The molecule has 0 aromatic carbocycles. The molecule has 138 valence electrons. The van der Waals surface area contributed by atoms with Crippen molar-refractivity contribution < 1.29 is 30.0 Å². The van der Waals surface area contributed by atoms with E-state index in [1.165, 1.54) is 0 Å². The number of fused-ring (bicyclic) bond motifs is 2. The monoisotopic (exact) mass is 350 g/mol. The topological polar surface area (TPSA) is 107 Å². The number of hydrogen-bond acceptors (Lipinski definition) is 6. The van der Waals surface area contributed by atoms with Gasteiger partial charge in [-0.05, 0) is 36.7 Å². The lowest BCUT2D eigenvalue weighted by Crippen LogP contribution is -2.72. The van der Waals surface area contributed by atoms with Crippen LogP contribution in [0.15, 0.2) is 12.2 Å². The highest BCUT2D eigenvalue weighted by Crippen LogP contribution is 2.77. The van der Waals surface area contributed by atoms with E-state index in [-0.39, 0.29) is 5.41 Å². The molecule has 2 aliphatic heterocycles. The zero-order valence-corrected chi connectivity index (χ0v) is 14.6. The second-order valence-corrected chi connectivity index (χ2v) is 9.52. The molecule has 2 spiro atoms. The summed E-state index contributed by atoms with van der Waals surface area (Å²) in [6.45, 7) is 7.86. The van der Waals surface area contributed by atoms with Crippen LogP contribution in [0.4, 0.5) is 0 Å². The first-order valence-corrected chi connectivity index (χ1v) is 9.27. The Hall–Kier alpha value is -0.790. The maximum Gasteiger partial charge on any atom is 0.209 e. The summed E-state index contributed by atoms with van der Waals surface area (Å²) in [6.07, 6.45) is -1.04. The first-order valence-electron chi connectivity index (χ1n) is 9.27. The van der Waals surface area contributed by atoms with Crippen LogP contribution in [0.3, 0.4) is 0 Å². The third-order valence-electron chi connectivity index (χ3n) is 8.38. The molecule has 0 unspecified atom stereocenters. The third kappa shape index (κ3) is 1.31. The highest BCUT2D eigenvalue weighted by Gasteiger charge is 2.91. The van der Waals surface area contributed by atoms with Crippen molar-refractivity contribution in [2.45, 2.75) is 69.2 Å². The molecule has 6 nitrogen and oxygen atoms in total. The Bertz CT molecular complexity index is 702. The van der Waals surface area contributed by atoms with Crippen molar-refractivity contribution in [2.24, 2.45) is 28.6 Å². The van der Waals surface area contributed by atoms with E-state index in [0.717, 1.165) is 0 Å². The van der Waals surface area contributed by atoms with Crippen molar-refractivity contribution in [3.05, 3.63) is 12.2 Å². The van der Waals surface area contributed by atoms with Crippen molar-refractivity contribution in [3.63, 3.8) is 0 Å². The van der Waals surface area contributed by atoms with Gasteiger partial charge in [-0.1, -0.05) is 20.4 Å². The molecule has 3 saturated carbocycles. The van der Waals surface area contributed by atoms with Gasteiger partial charge in [-0.15, -0.1) is 0 Å². The van der Waals surface area contributed by atoms with E-state index < -0.39 is 58.7 Å². The Balaban J connectivity index is 1.80. The van der Waals surface area contributed by atoms with Crippen LogP contribution in [0.1, 0.15) is 39.5 Å². The number of Topliss-reactive ketones (excluding diaryl/α,β-unsaturated/α-hetero) is 1. The lowest BCUT2D eigenvalue weighted by molar-refractivity contribution is -0.278. The van der Waals surface area contributed by atoms with Crippen LogP contribution >= 0.6 is 0 Å². The Labute approximate surface area is 146 Å². The summed E-state index contributed by atoms with van der Waals surface area (Å²) in [4.78, 5) is 13.2. The number of carbonyl (C=O) groups is 1. The molecule has 0 radical (unpaired) electrons. The number of carbonyl (C=O) groups excluding carboxylic acids is 1. The van der Waals surface area contributed by atoms with E-state index in [2.05, 4.69) is 6.58 Å². The predicted molar refractivity (Wildman–Crippen MR) is 86.1 cm³/mol. The smallest absolute Gasteiger partial charge is 0.209 e. The fourth-order valence-electron chi connectivity index (χ4n) is 7.47. The lowest BCUT2D eigenvalue weighted by Gasteiger charge is -2.59. The zero-order chi connectivity index (χ0) is 18.2. The van der Waals surface area contributed by atoms with Crippen LogP contribution < -0.4 is 0 Å². The molecule has 9 atom stereocenters. The molecule has 5 aliphatic rings. The molecule has 6 heteroatoms. The Morgan fingerprint density at radius 2 is 1.80 bits per heavy atom. The quantitative estimate of drug-likeness (QED) is 0.463. The Morgan fingerprint density at radius 3 is 2.48 bits per heavy atom. The van der Waals surface area contributed by atoms with E-state index in [4.69, 9.17) is 4.74 Å². The fraction of sp³-hybridized carbons (Fsp3) is 0.842. The van der Waals surface area contributed by atoms with Gasteiger partial charge in [-0.3, -0.25) is 4.79 Å². The maximum absolute atomic E-state index is 13.2. The van der Waals surface area contributed by atoms with Crippen molar-refractivity contribution in [2.75, 3.05) is 0 Å². The molecule has 3 aliphatic carbocycles. The number of aliphatic hydroxyl groups is 4. The third-order valence-corrected chi connectivity index (χ3v) is 8.38. The van der Waals surface area contributed by atoms with Gasteiger partial charge >= 0.3 is 0 Å². The minimum absolute atomic E-state index is 0.310. The van der Waals surface area contributed by atoms with Gasteiger partial charge in [0.1, 0.15) is 17.1 Å². The number of aliphatic hydroxyl groups excluding tert-OH is 3. The first-order chi connectivity index (χ1) is 11.6. The van der Waals surface area contributed by atoms with Gasteiger partial charge in [0, 0.05) is 17.8 Å². The largest absolute Gasteiger partial charge is 0.391 e. The fourth-order valence-corrected chi connectivity index (χ4v) is 7.47. The summed E-state index contributed by atoms with van der Waals surface area (Å²) in [5.74, 6) is -4.01. The average molecular weight is 350 g/mol. The van der Waals surface area contributed by atoms with E-state index >= 15 is 0 Å². The highest BCUT2D eigenvalue weighted by molar-refractivity contribution is 6.05. The first kappa shape index (κ1) is 16.4. The van der Waals surface area contributed by atoms with Crippen LogP contribution in [0, 0.1) is 28.6 Å². The average Bonchev–Trinajstić information content (AvgIpc) is 2.97. The van der Waals surface area contributed by atoms with Gasteiger partial charge < -0.3 is 25.2 Å². The van der Waals surface area contributed by atoms with Gasteiger partial charge in [0.15, 0.2) is 5.78 Å². The normalized spacial score (nSPS) is 61.4. The Morgan fingerprint density at radius 1 is 1.12 bits per heavy atom. The van der Waals surface area contributed by atoms with Gasteiger partial charge in [0.2, 0.25) is 5.79 Å². The van der Waals surface area contributed by atoms with Crippen LogP contribution in [-0.4, -0.2) is 55.9 Å². The summed E-state index contributed by atoms with van der Waals surface area (Å²) in [5.41, 5.74) is -2.87. The van der Waals surface area contributed by atoms with Crippen LogP contribution in [0.5, 0.6) is 0 Å². The SMILES string of the molecule is C=C1C(=O)[C@]23[C@H](O)[C@@H]1CC[C@@H]2[C@]12O[C@@]3(O)[C@H](O)[C@H]1C(C)(C)CC[C@H]2O. The second-order valence-electron chi connectivity index (χ2n) is 9.52. The van der Waals surface area contributed by atoms with E-state index in [1.807, 2.05) is 13.8 Å². The highest BCUT2D eigenvalue weighted by atomic mass is 16.7. The minimum atomic E-state index is -2.18. The summed E-state index contributed by atoms with van der Waals surface area (Å²) in [6, 6.07) is 0. The lowest BCUT2D eigenvalue weighted by atomic mass is 9.44. The number of hydrogen-bond donors (Lipinski definition) is 4. The summed E-state index contributed by atoms with van der Waals surface area (Å²) < 4.78 is 6.10. The van der Waals surface area contributed by atoms with Crippen molar-refractivity contribution in [1.29, 1.82) is 0 Å². The van der Waals surface area contributed by atoms with Crippen LogP contribution in [0.25, 0.3) is 0 Å². The molecule has 0 aromatic heterocycles. The molecule has 25 heavy (non-hydrogen) atoms. The van der Waals surface area contributed by atoms with Crippen LogP contribution in [0.2, 0.25) is 0 Å².